The molecule has 1 aliphatic rings. The summed E-state index contributed by atoms with van der Waals surface area (Å²) >= 11 is 6.14. The molecule has 2 heterocycles. The molecule has 1 aromatic heterocycles. The smallest absolute Gasteiger partial charge is 0.326 e. The van der Waals surface area contributed by atoms with Gasteiger partial charge in [-0.05, 0) is 60.5 Å². The maximum Gasteiger partial charge on any atom is 0.326 e. The third-order valence-electron chi connectivity index (χ3n) is 7.54. The molecular weight excluding hydrogens is 629 g/mol. The van der Waals surface area contributed by atoms with Gasteiger partial charge in [-0.25, -0.2) is 13.9 Å². The minimum absolute atomic E-state index is 0.0199. The van der Waals surface area contributed by atoms with Crippen molar-refractivity contribution in [2.75, 3.05) is 31.9 Å². The van der Waals surface area contributed by atoms with Gasteiger partial charge in [0.25, 0.3) is 5.91 Å². The van der Waals surface area contributed by atoms with E-state index in [-0.39, 0.29) is 36.0 Å². The van der Waals surface area contributed by atoms with Crippen LogP contribution in [0.15, 0.2) is 78.0 Å². The third-order valence-corrected chi connectivity index (χ3v) is 7.84. The van der Waals surface area contributed by atoms with Gasteiger partial charge in [-0.1, -0.05) is 35.9 Å². The highest BCUT2D eigenvalue weighted by molar-refractivity contribution is 6.32. The van der Waals surface area contributed by atoms with Crippen molar-refractivity contribution in [2.24, 2.45) is 10.7 Å². The zero-order valence-corrected chi connectivity index (χ0v) is 25.9. The van der Waals surface area contributed by atoms with Gasteiger partial charge in [0.1, 0.15) is 30.3 Å². The molecule has 1 fully saturated rings. The second-order valence-corrected chi connectivity index (χ2v) is 11.3. The summed E-state index contributed by atoms with van der Waals surface area (Å²) in [4.78, 5) is 43.2. The quantitative estimate of drug-likeness (QED) is 0.101. The number of nitrogens with one attached hydrogen (secondary N) is 1. The first kappa shape index (κ1) is 33.1. The Labute approximate surface area is 274 Å². The first-order chi connectivity index (χ1) is 22.6. The minimum Gasteiger partial charge on any atom is -0.488 e. The number of anilines is 1. The number of hydrogen-bond donors (Lipinski definition) is 4. The Bertz CT molecular complexity index is 1810. The summed E-state index contributed by atoms with van der Waals surface area (Å²) in [6, 6.07) is 15.3. The first-order valence-electron chi connectivity index (χ1n) is 14.8. The number of rotatable bonds is 12. The molecule has 0 spiro atoms. The Morgan fingerprint density at radius 3 is 2.74 bits per heavy atom. The number of aromatic nitrogens is 2. The number of aliphatic imine (C=N–C) groups is 1. The van der Waals surface area contributed by atoms with Crippen molar-refractivity contribution in [1.82, 2.24) is 20.0 Å². The van der Waals surface area contributed by atoms with Crippen LogP contribution in [0.3, 0.4) is 0 Å². The van der Waals surface area contributed by atoms with Crippen molar-refractivity contribution in [3.63, 3.8) is 0 Å². The lowest BCUT2D eigenvalue weighted by Gasteiger charge is -2.20. The van der Waals surface area contributed by atoms with Crippen molar-refractivity contribution < 1.29 is 28.6 Å². The van der Waals surface area contributed by atoms with Gasteiger partial charge < -0.3 is 31.5 Å². The predicted molar refractivity (Wildman–Crippen MR) is 175 cm³/mol. The fraction of sp³-hybridized carbons (Fsp3) is 0.242. The van der Waals surface area contributed by atoms with E-state index in [1.165, 1.54) is 34.1 Å². The summed E-state index contributed by atoms with van der Waals surface area (Å²) in [6.07, 6.45) is 4.41. The summed E-state index contributed by atoms with van der Waals surface area (Å²) in [5.41, 5.74) is 14.9. The molecule has 1 saturated heterocycles. The SMILES string of the molecule is NCCCNC(=O)CN=Cc1c(N)cccc1-c1cccc(OC2CC(C(=O)O)N(C(=O)c3cnn(-c4ccc(F)cc4Cl)c3)C2)c1. The third kappa shape index (κ3) is 7.94. The average Bonchev–Trinajstić information content (AvgIpc) is 3.70. The van der Waals surface area contributed by atoms with E-state index in [9.17, 15) is 23.9 Å². The Balaban J connectivity index is 1.30. The maximum atomic E-state index is 13.5. The number of carbonyl (C=O) groups excluding carboxylic acids is 2. The van der Waals surface area contributed by atoms with Gasteiger partial charge >= 0.3 is 5.97 Å². The van der Waals surface area contributed by atoms with E-state index in [1.807, 2.05) is 12.1 Å². The van der Waals surface area contributed by atoms with Crippen molar-refractivity contribution in [3.8, 4) is 22.6 Å². The number of aliphatic carboxylic acids is 1. The Morgan fingerprint density at radius 1 is 1.17 bits per heavy atom. The van der Waals surface area contributed by atoms with Crippen LogP contribution in [0.4, 0.5) is 10.1 Å². The van der Waals surface area contributed by atoms with E-state index in [1.54, 1.807) is 36.5 Å². The van der Waals surface area contributed by atoms with Gasteiger partial charge in [0, 0.05) is 36.6 Å². The first-order valence-corrected chi connectivity index (χ1v) is 15.2. The number of carboxylic acids is 1. The maximum absolute atomic E-state index is 13.5. The van der Waals surface area contributed by atoms with E-state index < -0.39 is 29.8 Å². The Hall–Kier alpha value is -5.27. The lowest BCUT2D eigenvalue weighted by molar-refractivity contribution is -0.141. The van der Waals surface area contributed by atoms with Gasteiger partial charge in [0.15, 0.2) is 0 Å². The molecule has 2 amide bonds. The van der Waals surface area contributed by atoms with Crippen LogP contribution in [0.1, 0.15) is 28.8 Å². The molecule has 0 bridgehead atoms. The monoisotopic (exact) mass is 661 g/mol. The standard InChI is InChI=1S/C33H33ClFN7O5/c34-27-13-22(35)8-9-29(27)42-18-21(15-40-42)32(44)41-19-24(14-30(41)33(45)46)47-23-5-1-4-20(12-23)25-6-2-7-28(37)26(25)16-38-17-31(43)39-11-3-10-36/h1-2,4-9,12-13,15-16,18,24,30H,3,10-11,14,17,19,36-37H2,(H,39,43)(H,45,46). The summed E-state index contributed by atoms with van der Waals surface area (Å²) in [5, 5.41) is 17.0. The molecule has 5 rings (SSSR count). The Kier molecular flexibility index (Phi) is 10.5. The number of ether oxygens (including phenoxy) is 1. The van der Waals surface area contributed by atoms with Crippen LogP contribution < -0.4 is 21.5 Å². The van der Waals surface area contributed by atoms with Crippen LogP contribution in [0.5, 0.6) is 5.75 Å². The average molecular weight is 662 g/mol. The van der Waals surface area contributed by atoms with E-state index in [2.05, 4.69) is 15.4 Å². The number of halogens is 2. The van der Waals surface area contributed by atoms with E-state index in [0.717, 1.165) is 17.2 Å². The number of carboxylic acid groups (broad SMARTS) is 1. The molecule has 1 aliphatic heterocycles. The lowest BCUT2D eigenvalue weighted by atomic mass is 9.98. The van der Waals surface area contributed by atoms with Crippen molar-refractivity contribution in [1.29, 1.82) is 0 Å². The fourth-order valence-corrected chi connectivity index (χ4v) is 5.51. The van der Waals surface area contributed by atoms with Crippen molar-refractivity contribution >= 4 is 41.3 Å². The number of amides is 2. The molecule has 0 saturated carbocycles. The molecule has 47 heavy (non-hydrogen) atoms. The second kappa shape index (κ2) is 14.9. The lowest BCUT2D eigenvalue weighted by Crippen LogP contribution is -2.40. The number of hydrogen-bond acceptors (Lipinski definition) is 8. The summed E-state index contributed by atoms with van der Waals surface area (Å²) in [5.74, 6) is -1.98. The zero-order chi connectivity index (χ0) is 33.5. The van der Waals surface area contributed by atoms with Crippen LogP contribution >= 0.6 is 11.6 Å². The summed E-state index contributed by atoms with van der Waals surface area (Å²) in [6.45, 7) is 0.917. The van der Waals surface area contributed by atoms with Crippen LogP contribution in [0.2, 0.25) is 5.02 Å². The van der Waals surface area contributed by atoms with Crippen LogP contribution in [-0.2, 0) is 9.59 Å². The molecule has 0 aliphatic carbocycles. The normalized spacial score (nSPS) is 16.0. The van der Waals surface area contributed by atoms with Gasteiger partial charge in [-0.3, -0.25) is 14.6 Å². The number of nitrogens with zero attached hydrogens (tertiary/aromatic N) is 4. The Morgan fingerprint density at radius 2 is 1.98 bits per heavy atom. The molecular formula is C33H33ClFN7O5. The van der Waals surface area contributed by atoms with Gasteiger partial charge in [-0.2, -0.15) is 5.10 Å². The molecule has 244 valence electrons. The van der Waals surface area contributed by atoms with Crippen molar-refractivity contribution in [3.05, 3.63) is 95.0 Å². The topological polar surface area (TPSA) is 178 Å². The molecule has 0 radical (unpaired) electrons. The van der Waals surface area contributed by atoms with Gasteiger partial charge in [0.05, 0.1) is 29.0 Å². The van der Waals surface area contributed by atoms with E-state index in [0.29, 0.717) is 42.2 Å². The zero-order valence-electron chi connectivity index (χ0n) is 25.2. The predicted octanol–water partition coefficient (Wildman–Crippen LogP) is 3.54. The van der Waals surface area contributed by atoms with E-state index in [4.69, 9.17) is 27.8 Å². The largest absolute Gasteiger partial charge is 0.488 e. The highest BCUT2D eigenvalue weighted by Gasteiger charge is 2.41. The highest BCUT2D eigenvalue weighted by atomic mass is 35.5. The van der Waals surface area contributed by atoms with Crippen LogP contribution in [-0.4, -0.2) is 82.1 Å². The van der Waals surface area contributed by atoms with Crippen LogP contribution in [0.25, 0.3) is 16.8 Å². The van der Waals surface area contributed by atoms with Gasteiger partial charge in [0.2, 0.25) is 5.91 Å². The molecule has 2 atom stereocenters. The molecule has 14 heteroatoms. The minimum atomic E-state index is -1.16. The molecule has 6 N–H and O–H groups in total. The fourth-order valence-electron chi connectivity index (χ4n) is 5.25. The second-order valence-electron chi connectivity index (χ2n) is 10.9. The van der Waals surface area contributed by atoms with Crippen LogP contribution in [0, 0.1) is 5.82 Å². The summed E-state index contributed by atoms with van der Waals surface area (Å²) < 4.78 is 21.0. The molecule has 3 aromatic carbocycles. The molecule has 2 unspecified atom stereocenters. The number of nitrogen functional groups attached to an aromatic ring is 1. The number of benzene rings is 3. The summed E-state index contributed by atoms with van der Waals surface area (Å²) in [7, 11) is 0. The highest BCUT2D eigenvalue weighted by Crippen LogP contribution is 2.31. The number of carbonyl (C=O) groups is 3. The number of nitrogens with two attached hydrogens (primary N) is 2. The van der Waals surface area contributed by atoms with Gasteiger partial charge in [-0.15, -0.1) is 0 Å². The van der Waals surface area contributed by atoms with E-state index >= 15 is 0 Å². The molecule has 4 aromatic rings. The van der Waals surface area contributed by atoms with Crippen molar-refractivity contribution in [2.45, 2.75) is 25.0 Å². The number of likely N-dealkylation sites (tertiary alicyclic amines) is 1. The molecule has 12 nitrogen and oxygen atoms in total.